The quantitative estimate of drug-likeness (QED) is 0.783. The lowest BCUT2D eigenvalue weighted by Crippen LogP contribution is -2.23. The first-order valence-corrected chi connectivity index (χ1v) is 6.50. The van der Waals surface area contributed by atoms with E-state index < -0.39 is 0 Å². The summed E-state index contributed by atoms with van der Waals surface area (Å²) in [6.45, 7) is 6.92. The van der Waals surface area contributed by atoms with Crippen LogP contribution in [0, 0.1) is 0 Å². The SMILES string of the molecule is CCN(CC)Cc1ccc(Br)cc1C(=O)OC. The number of esters is 1. The topological polar surface area (TPSA) is 29.5 Å². The summed E-state index contributed by atoms with van der Waals surface area (Å²) in [6, 6.07) is 5.73. The van der Waals surface area contributed by atoms with Gasteiger partial charge in [-0.1, -0.05) is 35.8 Å². The Kier molecular flexibility index (Phi) is 5.65. The van der Waals surface area contributed by atoms with Gasteiger partial charge < -0.3 is 4.74 Å². The van der Waals surface area contributed by atoms with Gasteiger partial charge in [0.05, 0.1) is 12.7 Å². The van der Waals surface area contributed by atoms with E-state index >= 15 is 0 Å². The van der Waals surface area contributed by atoms with Crippen molar-refractivity contribution in [1.82, 2.24) is 4.90 Å². The predicted molar refractivity (Wildman–Crippen MR) is 72.1 cm³/mol. The molecule has 1 rings (SSSR count). The Balaban J connectivity index is 3.01. The molecule has 3 nitrogen and oxygen atoms in total. The molecule has 0 aliphatic rings. The van der Waals surface area contributed by atoms with Crippen LogP contribution in [0.25, 0.3) is 0 Å². The number of benzene rings is 1. The lowest BCUT2D eigenvalue weighted by molar-refractivity contribution is 0.0598. The Morgan fingerprint density at radius 1 is 1.35 bits per heavy atom. The second kappa shape index (κ2) is 6.77. The van der Waals surface area contributed by atoms with Crippen LogP contribution < -0.4 is 0 Å². The van der Waals surface area contributed by atoms with Crippen molar-refractivity contribution < 1.29 is 9.53 Å². The summed E-state index contributed by atoms with van der Waals surface area (Å²) in [6.07, 6.45) is 0. The number of carbonyl (C=O) groups excluding carboxylic acids is 1. The Labute approximate surface area is 111 Å². The molecule has 0 spiro atoms. The molecule has 0 aromatic heterocycles. The molecule has 0 N–H and O–H groups in total. The number of carbonyl (C=O) groups is 1. The molecule has 0 atom stereocenters. The smallest absolute Gasteiger partial charge is 0.338 e. The molecule has 0 aliphatic carbocycles. The summed E-state index contributed by atoms with van der Waals surface area (Å²) in [5.74, 6) is -0.284. The maximum absolute atomic E-state index is 11.7. The molecule has 0 aliphatic heterocycles. The number of halogens is 1. The minimum atomic E-state index is -0.284. The van der Waals surface area contributed by atoms with Crippen LogP contribution >= 0.6 is 15.9 Å². The van der Waals surface area contributed by atoms with Crippen LogP contribution in [0.2, 0.25) is 0 Å². The summed E-state index contributed by atoms with van der Waals surface area (Å²) in [5.41, 5.74) is 1.64. The van der Waals surface area contributed by atoms with E-state index in [0.717, 1.165) is 29.7 Å². The first-order chi connectivity index (χ1) is 8.12. The van der Waals surface area contributed by atoms with Gasteiger partial charge in [-0.15, -0.1) is 0 Å². The van der Waals surface area contributed by atoms with Crippen molar-refractivity contribution in [2.24, 2.45) is 0 Å². The molecule has 0 saturated carbocycles. The molecule has 1 aromatic carbocycles. The predicted octanol–water partition coefficient (Wildman–Crippen LogP) is 3.08. The fraction of sp³-hybridized carbons (Fsp3) is 0.462. The van der Waals surface area contributed by atoms with E-state index in [1.165, 1.54) is 7.11 Å². The standard InChI is InChI=1S/C13H18BrNO2/c1-4-15(5-2)9-10-6-7-11(14)8-12(10)13(16)17-3/h6-8H,4-5,9H2,1-3H3. The summed E-state index contributed by atoms with van der Waals surface area (Å²) in [7, 11) is 1.41. The third-order valence-electron chi connectivity index (χ3n) is 2.77. The highest BCUT2D eigenvalue weighted by molar-refractivity contribution is 9.10. The molecule has 0 heterocycles. The van der Waals surface area contributed by atoms with E-state index in [9.17, 15) is 4.79 Å². The molecule has 1 aromatic rings. The van der Waals surface area contributed by atoms with Crippen LogP contribution in [0.4, 0.5) is 0 Å². The fourth-order valence-corrected chi connectivity index (χ4v) is 2.04. The first-order valence-electron chi connectivity index (χ1n) is 5.71. The van der Waals surface area contributed by atoms with E-state index in [0.29, 0.717) is 5.56 Å². The van der Waals surface area contributed by atoms with Crippen LogP contribution in [0.5, 0.6) is 0 Å². The molecule has 0 fully saturated rings. The summed E-state index contributed by atoms with van der Waals surface area (Å²) < 4.78 is 5.69. The summed E-state index contributed by atoms with van der Waals surface area (Å²) in [5, 5.41) is 0. The fourth-order valence-electron chi connectivity index (χ4n) is 1.67. The number of rotatable bonds is 5. The maximum atomic E-state index is 11.7. The maximum Gasteiger partial charge on any atom is 0.338 e. The van der Waals surface area contributed by atoms with E-state index in [1.54, 1.807) is 0 Å². The Hall–Kier alpha value is -0.870. The number of methoxy groups -OCH3 is 1. The second-order valence-electron chi connectivity index (χ2n) is 3.75. The van der Waals surface area contributed by atoms with Crippen LogP contribution in [-0.2, 0) is 11.3 Å². The zero-order valence-electron chi connectivity index (χ0n) is 10.5. The van der Waals surface area contributed by atoms with Crippen LogP contribution in [0.3, 0.4) is 0 Å². The minimum Gasteiger partial charge on any atom is -0.465 e. The molecule has 0 bridgehead atoms. The Bertz CT molecular complexity index is 389. The zero-order chi connectivity index (χ0) is 12.8. The molecule has 17 heavy (non-hydrogen) atoms. The zero-order valence-corrected chi connectivity index (χ0v) is 12.1. The van der Waals surface area contributed by atoms with Crippen molar-refractivity contribution in [3.63, 3.8) is 0 Å². The molecular formula is C13H18BrNO2. The molecule has 0 amide bonds. The second-order valence-corrected chi connectivity index (χ2v) is 4.67. The molecule has 0 unspecified atom stereocenters. The summed E-state index contributed by atoms with van der Waals surface area (Å²) in [4.78, 5) is 13.9. The van der Waals surface area contributed by atoms with Crippen LogP contribution in [-0.4, -0.2) is 31.1 Å². The van der Waals surface area contributed by atoms with Gasteiger partial charge in [-0.25, -0.2) is 4.79 Å². The molecule has 94 valence electrons. The van der Waals surface area contributed by atoms with Gasteiger partial charge in [0.1, 0.15) is 0 Å². The largest absolute Gasteiger partial charge is 0.465 e. The molecular weight excluding hydrogens is 282 g/mol. The van der Waals surface area contributed by atoms with E-state index in [-0.39, 0.29) is 5.97 Å². The van der Waals surface area contributed by atoms with E-state index in [1.807, 2.05) is 18.2 Å². The van der Waals surface area contributed by atoms with Crippen LogP contribution in [0.15, 0.2) is 22.7 Å². The average Bonchev–Trinajstić information content (AvgIpc) is 2.36. The monoisotopic (exact) mass is 299 g/mol. The minimum absolute atomic E-state index is 0.284. The lowest BCUT2D eigenvalue weighted by atomic mass is 10.1. The Morgan fingerprint density at radius 2 is 2.00 bits per heavy atom. The highest BCUT2D eigenvalue weighted by Gasteiger charge is 2.13. The first kappa shape index (κ1) is 14.2. The van der Waals surface area contributed by atoms with Gasteiger partial charge in [-0.05, 0) is 30.8 Å². The highest BCUT2D eigenvalue weighted by Crippen LogP contribution is 2.19. The normalized spacial score (nSPS) is 10.6. The van der Waals surface area contributed by atoms with Crippen molar-refractivity contribution in [2.45, 2.75) is 20.4 Å². The van der Waals surface area contributed by atoms with Gasteiger partial charge in [0.2, 0.25) is 0 Å². The third-order valence-corrected chi connectivity index (χ3v) is 3.26. The van der Waals surface area contributed by atoms with Gasteiger partial charge in [0.25, 0.3) is 0 Å². The Morgan fingerprint density at radius 3 is 2.53 bits per heavy atom. The molecule has 0 radical (unpaired) electrons. The molecule has 0 saturated heterocycles. The average molecular weight is 300 g/mol. The number of nitrogens with zero attached hydrogens (tertiary/aromatic N) is 1. The lowest BCUT2D eigenvalue weighted by Gasteiger charge is -2.19. The third kappa shape index (κ3) is 3.82. The number of ether oxygens (including phenoxy) is 1. The highest BCUT2D eigenvalue weighted by atomic mass is 79.9. The van der Waals surface area contributed by atoms with Crippen molar-refractivity contribution in [1.29, 1.82) is 0 Å². The van der Waals surface area contributed by atoms with Gasteiger partial charge in [0.15, 0.2) is 0 Å². The van der Waals surface area contributed by atoms with E-state index in [2.05, 4.69) is 34.7 Å². The van der Waals surface area contributed by atoms with Crippen LogP contribution in [0.1, 0.15) is 29.8 Å². The van der Waals surface area contributed by atoms with Crippen molar-refractivity contribution in [2.75, 3.05) is 20.2 Å². The van der Waals surface area contributed by atoms with Gasteiger partial charge in [0, 0.05) is 11.0 Å². The number of hydrogen-bond donors (Lipinski definition) is 0. The van der Waals surface area contributed by atoms with Crippen molar-refractivity contribution >= 4 is 21.9 Å². The van der Waals surface area contributed by atoms with Crippen molar-refractivity contribution in [3.8, 4) is 0 Å². The number of hydrogen-bond acceptors (Lipinski definition) is 3. The molecule has 4 heteroatoms. The van der Waals surface area contributed by atoms with Gasteiger partial charge in [-0.3, -0.25) is 4.90 Å². The van der Waals surface area contributed by atoms with Gasteiger partial charge in [-0.2, -0.15) is 0 Å². The van der Waals surface area contributed by atoms with Crippen molar-refractivity contribution in [3.05, 3.63) is 33.8 Å². The summed E-state index contributed by atoms with van der Waals surface area (Å²) >= 11 is 3.37. The van der Waals surface area contributed by atoms with E-state index in [4.69, 9.17) is 4.74 Å². The van der Waals surface area contributed by atoms with Gasteiger partial charge >= 0.3 is 5.97 Å².